The number of aliphatic hydroxyl groups is 1. The van der Waals surface area contributed by atoms with Crippen LogP contribution in [0.3, 0.4) is 0 Å². The van der Waals surface area contributed by atoms with Gasteiger partial charge < -0.3 is 19.9 Å². The first-order chi connectivity index (χ1) is 9.88. The van der Waals surface area contributed by atoms with E-state index in [4.69, 9.17) is 9.47 Å². The van der Waals surface area contributed by atoms with Gasteiger partial charge in [-0.05, 0) is 11.6 Å². The van der Waals surface area contributed by atoms with Gasteiger partial charge in [-0.2, -0.15) is 13.2 Å². The Kier molecular flexibility index (Phi) is 4.75. The predicted molar refractivity (Wildman–Crippen MR) is 70.3 cm³/mol. The summed E-state index contributed by atoms with van der Waals surface area (Å²) < 4.78 is 50.4. The van der Waals surface area contributed by atoms with Gasteiger partial charge in [-0.1, -0.05) is 18.2 Å². The zero-order valence-electron chi connectivity index (χ0n) is 11.6. The van der Waals surface area contributed by atoms with Gasteiger partial charge in [-0.15, -0.1) is 0 Å². The third-order valence-electron chi connectivity index (χ3n) is 3.60. The summed E-state index contributed by atoms with van der Waals surface area (Å²) in [7, 11) is 1.38. The third-order valence-corrected chi connectivity index (χ3v) is 3.60. The minimum Gasteiger partial charge on any atom is -0.496 e. The van der Waals surface area contributed by atoms with Crippen molar-refractivity contribution in [1.29, 1.82) is 0 Å². The molecule has 1 heterocycles. The molecule has 4 nitrogen and oxygen atoms in total. The molecule has 0 aliphatic carbocycles. The number of alkyl halides is 3. The molecule has 2 N–H and O–H groups in total. The molecule has 118 valence electrons. The second-order valence-electron chi connectivity index (χ2n) is 4.97. The number of halogens is 3. The van der Waals surface area contributed by atoms with Gasteiger partial charge in [0.25, 0.3) is 0 Å². The molecule has 2 rings (SSSR count). The van der Waals surface area contributed by atoms with Crippen LogP contribution >= 0.6 is 0 Å². The second-order valence-corrected chi connectivity index (χ2v) is 4.97. The Morgan fingerprint density at radius 2 is 2.10 bits per heavy atom. The lowest BCUT2D eigenvalue weighted by Crippen LogP contribution is -2.62. The summed E-state index contributed by atoms with van der Waals surface area (Å²) in [6, 6.07) is 6.33. The van der Waals surface area contributed by atoms with Gasteiger partial charge in [0.05, 0.1) is 13.7 Å². The van der Waals surface area contributed by atoms with E-state index in [1.807, 2.05) is 0 Å². The lowest BCUT2D eigenvalue weighted by Gasteiger charge is -2.39. The predicted octanol–water partition coefficient (Wildman–Crippen LogP) is 1.52. The first kappa shape index (κ1) is 16.1. The Hall–Kier alpha value is -1.31. The monoisotopic (exact) mass is 305 g/mol. The van der Waals surface area contributed by atoms with Crippen molar-refractivity contribution < 1.29 is 27.8 Å². The van der Waals surface area contributed by atoms with Gasteiger partial charge in [0.15, 0.2) is 5.60 Å². The molecule has 0 aromatic heterocycles. The standard InChI is InChI=1S/C14H18F3NO3/c1-20-11-5-3-2-4-10(11)8-13(19,14(15,16)17)12-9-18-6-7-21-12/h2-5,12,18-19H,6-9H2,1H3. The average Bonchev–Trinajstić information content (AvgIpc) is 2.47. The summed E-state index contributed by atoms with van der Waals surface area (Å²) in [5, 5.41) is 13.1. The van der Waals surface area contributed by atoms with Gasteiger partial charge in [0, 0.05) is 19.5 Å². The maximum Gasteiger partial charge on any atom is 0.420 e. The van der Waals surface area contributed by atoms with Crippen molar-refractivity contribution in [3.05, 3.63) is 29.8 Å². The maximum absolute atomic E-state index is 13.4. The Morgan fingerprint density at radius 3 is 2.67 bits per heavy atom. The van der Waals surface area contributed by atoms with Crippen LogP contribution in [0.1, 0.15) is 5.56 Å². The fraction of sp³-hybridized carbons (Fsp3) is 0.571. The molecule has 1 aromatic rings. The van der Waals surface area contributed by atoms with Crippen LogP contribution in [0.5, 0.6) is 5.75 Å². The van der Waals surface area contributed by atoms with Crippen molar-refractivity contribution in [3.63, 3.8) is 0 Å². The molecular formula is C14H18F3NO3. The molecule has 0 amide bonds. The highest BCUT2D eigenvalue weighted by molar-refractivity contribution is 5.35. The lowest BCUT2D eigenvalue weighted by molar-refractivity contribution is -0.297. The van der Waals surface area contributed by atoms with E-state index in [0.717, 1.165) is 0 Å². The smallest absolute Gasteiger partial charge is 0.420 e. The summed E-state index contributed by atoms with van der Waals surface area (Å²) in [6.07, 6.45) is -6.78. The fourth-order valence-electron chi connectivity index (χ4n) is 2.41. The molecule has 2 unspecified atom stereocenters. The zero-order valence-corrected chi connectivity index (χ0v) is 11.6. The molecular weight excluding hydrogens is 287 g/mol. The van der Waals surface area contributed by atoms with Crippen molar-refractivity contribution in [3.8, 4) is 5.75 Å². The van der Waals surface area contributed by atoms with Crippen LogP contribution in [0.4, 0.5) is 13.2 Å². The SMILES string of the molecule is COc1ccccc1CC(O)(C1CNCCO1)C(F)(F)F. The topological polar surface area (TPSA) is 50.7 Å². The van der Waals surface area contributed by atoms with Crippen LogP contribution in [0.25, 0.3) is 0 Å². The van der Waals surface area contributed by atoms with E-state index < -0.39 is 24.3 Å². The van der Waals surface area contributed by atoms with Crippen LogP contribution in [-0.2, 0) is 11.2 Å². The van der Waals surface area contributed by atoms with E-state index in [1.165, 1.54) is 13.2 Å². The normalized spacial score (nSPS) is 22.6. The van der Waals surface area contributed by atoms with Crippen LogP contribution in [0.15, 0.2) is 24.3 Å². The molecule has 1 aromatic carbocycles. The van der Waals surface area contributed by atoms with Gasteiger partial charge in [0.1, 0.15) is 11.9 Å². The molecule has 1 aliphatic rings. The number of hydrogen-bond acceptors (Lipinski definition) is 4. The van der Waals surface area contributed by atoms with E-state index in [2.05, 4.69) is 5.32 Å². The molecule has 2 atom stereocenters. The van der Waals surface area contributed by atoms with Gasteiger partial charge in [0.2, 0.25) is 0 Å². The molecule has 0 bridgehead atoms. The van der Waals surface area contributed by atoms with E-state index in [9.17, 15) is 18.3 Å². The molecule has 1 aliphatic heterocycles. The number of rotatable bonds is 4. The maximum atomic E-state index is 13.4. The molecule has 21 heavy (non-hydrogen) atoms. The Balaban J connectivity index is 2.32. The number of nitrogens with one attached hydrogen (secondary N) is 1. The van der Waals surface area contributed by atoms with Crippen molar-refractivity contribution >= 4 is 0 Å². The fourth-order valence-corrected chi connectivity index (χ4v) is 2.41. The van der Waals surface area contributed by atoms with E-state index in [0.29, 0.717) is 12.3 Å². The van der Waals surface area contributed by atoms with Crippen LogP contribution in [-0.4, -0.2) is 49.8 Å². The first-order valence-corrected chi connectivity index (χ1v) is 6.62. The Morgan fingerprint density at radius 1 is 1.38 bits per heavy atom. The largest absolute Gasteiger partial charge is 0.496 e. The van der Waals surface area contributed by atoms with Crippen molar-refractivity contribution in [2.45, 2.75) is 24.3 Å². The highest BCUT2D eigenvalue weighted by Gasteiger charge is 2.59. The van der Waals surface area contributed by atoms with E-state index >= 15 is 0 Å². The van der Waals surface area contributed by atoms with Crippen molar-refractivity contribution in [2.75, 3.05) is 26.8 Å². The molecule has 1 saturated heterocycles. The minimum atomic E-state index is -4.81. The number of morpholine rings is 1. The van der Waals surface area contributed by atoms with Gasteiger partial charge in [-0.3, -0.25) is 0 Å². The number of ether oxygens (including phenoxy) is 2. The number of hydrogen-bond donors (Lipinski definition) is 2. The van der Waals surface area contributed by atoms with Gasteiger partial charge in [-0.25, -0.2) is 0 Å². The number of para-hydroxylation sites is 1. The highest BCUT2D eigenvalue weighted by Crippen LogP contribution is 2.39. The number of methoxy groups -OCH3 is 1. The van der Waals surface area contributed by atoms with E-state index in [-0.39, 0.29) is 18.7 Å². The molecule has 0 radical (unpaired) electrons. The van der Waals surface area contributed by atoms with Crippen LogP contribution < -0.4 is 10.1 Å². The molecule has 0 saturated carbocycles. The zero-order chi connectivity index (χ0) is 15.5. The summed E-state index contributed by atoms with van der Waals surface area (Å²) in [5.41, 5.74) is -2.68. The summed E-state index contributed by atoms with van der Waals surface area (Å²) >= 11 is 0. The highest BCUT2D eigenvalue weighted by atomic mass is 19.4. The van der Waals surface area contributed by atoms with Crippen molar-refractivity contribution in [2.24, 2.45) is 0 Å². The van der Waals surface area contributed by atoms with E-state index in [1.54, 1.807) is 18.2 Å². The van der Waals surface area contributed by atoms with Gasteiger partial charge >= 0.3 is 6.18 Å². The quantitative estimate of drug-likeness (QED) is 0.885. The third kappa shape index (κ3) is 3.30. The summed E-state index contributed by atoms with van der Waals surface area (Å²) in [6.45, 7) is 0.555. The Labute approximate surface area is 120 Å². The van der Waals surface area contributed by atoms with Crippen LogP contribution in [0.2, 0.25) is 0 Å². The lowest BCUT2D eigenvalue weighted by atomic mass is 9.87. The Bertz CT molecular complexity index is 475. The summed E-state index contributed by atoms with van der Waals surface area (Å²) in [4.78, 5) is 0. The van der Waals surface area contributed by atoms with Crippen molar-refractivity contribution in [1.82, 2.24) is 5.32 Å². The molecule has 0 spiro atoms. The number of benzene rings is 1. The first-order valence-electron chi connectivity index (χ1n) is 6.62. The summed E-state index contributed by atoms with van der Waals surface area (Å²) in [5.74, 6) is 0.309. The average molecular weight is 305 g/mol. The molecule has 7 heteroatoms. The molecule has 1 fully saturated rings. The van der Waals surface area contributed by atoms with Crippen LogP contribution in [0, 0.1) is 0 Å². The minimum absolute atomic E-state index is 0.0504. The second kappa shape index (κ2) is 6.21.